The summed E-state index contributed by atoms with van der Waals surface area (Å²) in [6, 6.07) is 0. The first kappa shape index (κ1) is 12.0. The summed E-state index contributed by atoms with van der Waals surface area (Å²) in [5.74, 6) is 0. The molecule has 0 radical (unpaired) electrons. The van der Waals surface area contributed by atoms with Crippen molar-refractivity contribution in [2.24, 2.45) is 0 Å². The molecular weight excluding hydrogens is 192 g/mol. The maximum Gasteiger partial charge on any atom is 0.328 e. The Balaban J connectivity index is 2.38. The van der Waals surface area contributed by atoms with Crippen molar-refractivity contribution in [1.82, 2.24) is 9.13 Å². The molecule has 1 atom stereocenters. The van der Waals surface area contributed by atoms with Crippen molar-refractivity contribution < 1.29 is 5.11 Å². The second-order valence-corrected chi connectivity index (χ2v) is 3.90. The van der Waals surface area contributed by atoms with Crippen LogP contribution < -0.4 is 5.69 Å². The molecule has 4 nitrogen and oxygen atoms in total. The molecule has 1 N–H and O–H groups in total. The molecule has 86 valence electrons. The summed E-state index contributed by atoms with van der Waals surface area (Å²) in [7, 11) is 0. The van der Waals surface area contributed by atoms with Gasteiger partial charge < -0.3 is 5.11 Å². The largest absolute Gasteiger partial charge is 0.393 e. The summed E-state index contributed by atoms with van der Waals surface area (Å²) in [6.07, 6.45) is 6.12. The predicted octanol–water partition coefficient (Wildman–Crippen LogP) is 1.22. The Kier molecular flexibility index (Phi) is 4.62. The van der Waals surface area contributed by atoms with E-state index in [2.05, 4.69) is 0 Å². The van der Waals surface area contributed by atoms with E-state index in [1.54, 1.807) is 16.1 Å². The number of aromatic nitrogens is 2. The maximum atomic E-state index is 11.6. The van der Waals surface area contributed by atoms with Crippen LogP contribution in [0.4, 0.5) is 0 Å². The van der Waals surface area contributed by atoms with E-state index in [9.17, 15) is 4.79 Å². The molecule has 0 bridgehead atoms. The zero-order valence-electron chi connectivity index (χ0n) is 9.52. The van der Waals surface area contributed by atoms with Gasteiger partial charge in [0, 0.05) is 25.5 Å². The quantitative estimate of drug-likeness (QED) is 0.721. The molecule has 4 heteroatoms. The first-order valence-corrected chi connectivity index (χ1v) is 5.58. The number of hydrogen-bond acceptors (Lipinski definition) is 2. The molecule has 15 heavy (non-hydrogen) atoms. The standard InChI is InChI=1S/C11H20N2O2/c1-3-12-8-9-13(11(12)15)7-5-4-6-10(2)14/h8-10,14H,3-7H2,1-2H3. The zero-order chi connectivity index (χ0) is 11.3. The molecule has 0 saturated heterocycles. The van der Waals surface area contributed by atoms with Crippen LogP contribution in [-0.2, 0) is 13.1 Å². The summed E-state index contributed by atoms with van der Waals surface area (Å²) in [5, 5.41) is 9.07. The van der Waals surface area contributed by atoms with Crippen LogP contribution in [0, 0.1) is 0 Å². The van der Waals surface area contributed by atoms with E-state index in [1.165, 1.54) is 0 Å². The lowest BCUT2D eigenvalue weighted by Gasteiger charge is -2.04. The van der Waals surface area contributed by atoms with Crippen LogP contribution in [0.3, 0.4) is 0 Å². The van der Waals surface area contributed by atoms with E-state index in [0.29, 0.717) is 0 Å². The number of rotatable bonds is 6. The number of hydrogen-bond donors (Lipinski definition) is 1. The summed E-state index contributed by atoms with van der Waals surface area (Å²) in [4.78, 5) is 11.6. The molecule has 0 aliphatic rings. The summed E-state index contributed by atoms with van der Waals surface area (Å²) >= 11 is 0. The lowest BCUT2D eigenvalue weighted by molar-refractivity contribution is 0.180. The molecule has 0 aliphatic heterocycles. The Bertz CT molecular complexity index is 339. The van der Waals surface area contributed by atoms with E-state index < -0.39 is 0 Å². The van der Waals surface area contributed by atoms with Crippen molar-refractivity contribution >= 4 is 0 Å². The van der Waals surface area contributed by atoms with Crippen LogP contribution in [0.15, 0.2) is 17.2 Å². The van der Waals surface area contributed by atoms with Crippen LogP contribution in [-0.4, -0.2) is 20.3 Å². The van der Waals surface area contributed by atoms with Gasteiger partial charge in [0.1, 0.15) is 0 Å². The van der Waals surface area contributed by atoms with Crippen molar-refractivity contribution in [2.75, 3.05) is 0 Å². The second kappa shape index (κ2) is 5.75. The second-order valence-electron chi connectivity index (χ2n) is 3.90. The van der Waals surface area contributed by atoms with Gasteiger partial charge in [-0.15, -0.1) is 0 Å². The third-order valence-electron chi connectivity index (χ3n) is 2.53. The van der Waals surface area contributed by atoms with E-state index in [0.717, 1.165) is 32.4 Å². The number of aryl methyl sites for hydroxylation is 2. The average Bonchev–Trinajstić information content (AvgIpc) is 2.54. The minimum absolute atomic E-state index is 0.0644. The van der Waals surface area contributed by atoms with Crippen LogP contribution >= 0.6 is 0 Å². The Morgan fingerprint density at radius 3 is 2.53 bits per heavy atom. The minimum atomic E-state index is -0.234. The normalized spacial score (nSPS) is 13.0. The summed E-state index contributed by atoms with van der Waals surface area (Å²) in [5.41, 5.74) is 0.0644. The van der Waals surface area contributed by atoms with Crippen LogP contribution in [0.25, 0.3) is 0 Å². The van der Waals surface area contributed by atoms with Crippen molar-refractivity contribution in [3.8, 4) is 0 Å². The van der Waals surface area contributed by atoms with E-state index in [-0.39, 0.29) is 11.8 Å². The average molecular weight is 212 g/mol. The smallest absolute Gasteiger partial charge is 0.328 e. The monoisotopic (exact) mass is 212 g/mol. The number of unbranched alkanes of at least 4 members (excludes halogenated alkanes) is 1. The number of aliphatic hydroxyl groups is 1. The topological polar surface area (TPSA) is 47.2 Å². The fourth-order valence-corrected chi connectivity index (χ4v) is 1.59. The van der Waals surface area contributed by atoms with Crippen molar-refractivity contribution in [2.45, 2.75) is 52.3 Å². The third kappa shape index (κ3) is 3.55. The fraction of sp³-hybridized carbons (Fsp3) is 0.727. The number of aliphatic hydroxyl groups excluding tert-OH is 1. The van der Waals surface area contributed by atoms with E-state index >= 15 is 0 Å². The van der Waals surface area contributed by atoms with E-state index in [4.69, 9.17) is 5.11 Å². The van der Waals surface area contributed by atoms with Crippen LogP contribution in [0.5, 0.6) is 0 Å². The minimum Gasteiger partial charge on any atom is -0.393 e. The van der Waals surface area contributed by atoms with Gasteiger partial charge in [0.2, 0.25) is 0 Å². The molecule has 0 fully saturated rings. The molecule has 1 rings (SSSR count). The van der Waals surface area contributed by atoms with Gasteiger partial charge in [0.25, 0.3) is 0 Å². The lowest BCUT2D eigenvalue weighted by Crippen LogP contribution is -2.23. The van der Waals surface area contributed by atoms with Gasteiger partial charge in [-0.2, -0.15) is 0 Å². The summed E-state index contributed by atoms with van der Waals surface area (Å²) in [6.45, 7) is 5.22. The summed E-state index contributed by atoms with van der Waals surface area (Å²) < 4.78 is 3.42. The SMILES string of the molecule is CCn1ccn(CCCCC(C)O)c1=O. The van der Waals surface area contributed by atoms with Gasteiger partial charge >= 0.3 is 5.69 Å². The zero-order valence-corrected chi connectivity index (χ0v) is 9.52. The van der Waals surface area contributed by atoms with Gasteiger partial charge in [0.15, 0.2) is 0 Å². The van der Waals surface area contributed by atoms with Crippen molar-refractivity contribution in [3.63, 3.8) is 0 Å². The highest BCUT2D eigenvalue weighted by atomic mass is 16.3. The highest BCUT2D eigenvalue weighted by Crippen LogP contribution is 2.01. The highest BCUT2D eigenvalue weighted by molar-refractivity contribution is 4.80. The van der Waals surface area contributed by atoms with Crippen molar-refractivity contribution in [1.29, 1.82) is 0 Å². The number of nitrogens with zero attached hydrogens (tertiary/aromatic N) is 2. The molecular formula is C11H20N2O2. The van der Waals surface area contributed by atoms with E-state index in [1.807, 2.05) is 19.3 Å². The van der Waals surface area contributed by atoms with Crippen LogP contribution in [0.1, 0.15) is 33.1 Å². The lowest BCUT2D eigenvalue weighted by atomic mass is 10.2. The molecule has 1 heterocycles. The molecule has 0 aromatic carbocycles. The highest BCUT2D eigenvalue weighted by Gasteiger charge is 2.01. The van der Waals surface area contributed by atoms with Crippen LogP contribution in [0.2, 0.25) is 0 Å². The fourth-order valence-electron chi connectivity index (χ4n) is 1.59. The molecule has 0 saturated carbocycles. The predicted molar refractivity (Wildman–Crippen MR) is 59.9 cm³/mol. The molecule has 1 aromatic rings. The Morgan fingerprint density at radius 1 is 1.33 bits per heavy atom. The first-order valence-electron chi connectivity index (χ1n) is 5.58. The molecule has 1 aromatic heterocycles. The number of imidazole rings is 1. The molecule has 0 aliphatic carbocycles. The van der Waals surface area contributed by atoms with Gasteiger partial charge in [-0.3, -0.25) is 9.13 Å². The Hall–Kier alpha value is -1.03. The Labute approximate surface area is 90.2 Å². The van der Waals surface area contributed by atoms with Gasteiger partial charge in [-0.1, -0.05) is 0 Å². The van der Waals surface area contributed by atoms with Gasteiger partial charge in [-0.05, 0) is 33.1 Å². The molecule has 1 unspecified atom stereocenters. The molecule has 0 amide bonds. The third-order valence-corrected chi connectivity index (χ3v) is 2.53. The molecule has 0 spiro atoms. The maximum absolute atomic E-state index is 11.6. The Morgan fingerprint density at radius 2 is 2.00 bits per heavy atom. The first-order chi connectivity index (χ1) is 7.15. The van der Waals surface area contributed by atoms with Gasteiger partial charge in [-0.25, -0.2) is 4.79 Å². The van der Waals surface area contributed by atoms with Crippen molar-refractivity contribution in [3.05, 3.63) is 22.9 Å². The van der Waals surface area contributed by atoms with Gasteiger partial charge in [0.05, 0.1) is 6.10 Å².